The van der Waals surface area contributed by atoms with Crippen molar-refractivity contribution >= 4 is 11.8 Å². The molecule has 0 bridgehead atoms. The van der Waals surface area contributed by atoms with Crippen LogP contribution < -0.4 is 0 Å². The van der Waals surface area contributed by atoms with E-state index in [9.17, 15) is 40.3 Å². The quantitative estimate of drug-likeness (QED) is 0.445. The van der Waals surface area contributed by atoms with Crippen molar-refractivity contribution in [3.05, 3.63) is 70.0 Å². The lowest BCUT2D eigenvalue weighted by molar-refractivity contribution is -0.143. The summed E-state index contributed by atoms with van der Waals surface area (Å²) in [5, 5.41) is 0. The molecule has 1 heterocycles. The van der Waals surface area contributed by atoms with Crippen LogP contribution in [0.25, 0.3) is 0 Å². The van der Waals surface area contributed by atoms with Gasteiger partial charge in [-0.1, -0.05) is 6.07 Å². The number of ketones is 1. The molecule has 4 nitrogen and oxygen atoms in total. The largest absolute Gasteiger partial charge is 0.416 e. The van der Waals surface area contributed by atoms with Gasteiger partial charge in [0.15, 0.2) is 0 Å². The van der Waals surface area contributed by atoms with Gasteiger partial charge < -0.3 is 9.80 Å². The van der Waals surface area contributed by atoms with Gasteiger partial charge in [-0.3, -0.25) is 4.79 Å². The Morgan fingerprint density at radius 1 is 1.03 bits per heavy atom. The van der Waals surface area contributed by atoms with E-state index in [-0.39, 0.29) is 43.3 Å². The summed E-state index contributed by atoms with van der Waals surface area (Å²) in [4.78, 5) is 28.0. The number of Topliss-reactive ketones (excluding diaryl/α,β-unsaturated/α-hetero) is 1. The highest BCUT2D eigenvalue weighted by atomic mass is 19.4. The Labute approximate surface area is 197 Å². The second-order valence-electron chi connectivity index (χ2n) is 8.41. The third kappa shape index (κ3) is 6.12. The number of carbonyl (C=O) groups is 2. The summed E-state index contributed by atoms with van der Waals surface area (Å²) in [6.45, 7) is 2.69. The Bertz CT molecular complexity index is 1080. The fourth-order valence-electron chi connectivity index (χ4n) is 4.18. The molecule has 35 heavy (non-hydrogen) atoms. The topological polar surface area (TPSA) is 40.6 Å². The number of hydrogen-bond donors (Lipinski definition) is 0. The summed E-state index contributed by atoms with van der Waals surface area (Å²) < 4.78 is 93.0. The highest BCUT2D eigenvalue weighted by molar-refractivity contribution is 5.84. The molecule has 1 aliphatic rings. The molecule has 0 radical (unpaired) electrons. The van der Waals surface area contributed by atoms with Gasteiger partial charge in [0, 0.05) is 32.5 Å². The van der Waals surface area contributed by atoms with Crippen LogP contribution in [0.2, 0.25) is 0 Å². The number of amides is 2. The number of alkyl halides is 6. The minimum absolute atomic E-state index is 0.00397. The van der Waals surface area contributed by atoms with Gasteiger partial charge in [0.25, 0.3) is 0 Å². The van der Waals surface area contributed by atoms with Crippen LogP contribution >= 0.6 is 0 Å². The average molecular weight is 504 g/mol. The molecule has 0 aromatic heterocycles. The standard InChI is InChI=1S/C24H23F7N2O2/c1-3-32(13-15-9-16(23(26,27)28)11-17(10-15)24(29,30)31)22(35)33-7-6-19(34)12-21(33)20-5-4-18(25)8-14(20)2/h4-5,8-11,21H,3,6-7,12-13H2,1-2H3/t21-/m1/s1. The molecule has 2 aromatic carbocycles. The van der Waals surface area contributed by atoms with E-state index in [1.165, 1.54) is 23.1 Å². The Morgan fingerprint density at radius 2 is 1.63 bits per heavy atom. The number of likely N-dealkylation sites (tertiary alicyclic amines) is 1. The van der Waals surface area contributed by atoms with E-state index in [1.807, 2.05) is 0 Å². The third-order valence-electron chi connectivity index (χ3n) is 5.94. The van der Waals surface area contributed by atoms with Crippen LogP contribution in [0.1, 0.15) is 53.6 Å². The maximum Gasteiger partial charge on any atom is 0.416 e. The number of piperidine rings is 1. The summed E-state index contributed by atoms with van der Waals surface area (Å²) in [5.74, 6) is -0.606. The van der Waals surface area contributed by atoms with E-state index in [4.69, 9.17) is 0 Å². The average Bonchev–Trinajstić information content (AvgIpc) is 2.75. The highest BCUT2D eigenvalue weighted by Crippen LogP contribution is 2.37. The Kier molecular flexibility index (Phi) is 7.47. The van der Waals surface area contributed by atoms with Gasteiger partial charge in [-0.05, 0) is 60.9 Å². The van der Waals surface area contributed by atoms with E-state index in [1.54, 1.807) is 13.8 Å². The fourth-order valence-corrected chi connectivity index (χ4v) is 4.18. The number of urea groups is 1. The summed E-state index contributed by atoms with van der Waals surface area (Å²) in [6.07, 6.45) is -9.98. The van der Waals surface area contributed by atoms with Crippen molar-refractivity contribution in [2.45, 2.75) is 51.6 Å². The van der Waals surface area contributed by atoms with Gasteiger partial charge in [0.2, 0.25) is 0 Å². The zero-order valence-electron chi connectivity index (χ0n) is 18.9. The summed E-state index contributed by atoms with van der Waals surface area (Å²) in [7, 11) is 0. The zero-order valence-corrected chi connectivity index (χ0v) is 18.9. The molecule has 1 aliphatic heterocycles. The predicted octanol–water partition coefficient (Wildman–Crippen LogP) is 6.52. The molecule has 2 aromatic rings. The second kappa shape index (κ2) is 9.87. The smallest absolute Gasteiger partial charge is 0.321 e. The van der Waals surface area contributed by atoms with Crippen LogP contribution in [0.5, 0.6) is 0 Å². The third-order valence-corrected chi connectivity index (χ3v) is 5.94. The van der Waals surface area contributed by atoms with Gasteiger partial charge in [-0.15, -0.1) is 0 Å². The number of halogens is 7. The molecule has 190 valence electrons. The predicted molar refractivity (Wildman–Crippen MR) is 113 cm³/mol. The van der Waals surface area contributed by atoms with Crippen molar-refractivity contribution in [1.82, 2.24) is 9.80 Å². The van der Waals surface area contributed by atoms with E-state index < -0.39 is 47.9 Å². The Morgan fingerprint density at radius 3 is 2.14 bits per heavy atom. The normalized spacial score (nSPS) is 17.0. The monoisotopic (exact) mass is 504 g/mol. The highest BCUT2D eigenvalue weighted by Gasteiger charge is 2.38. The van der Waals surface area contributed by atoms with Crippen molar-refractivity contribution in [2.24, 2.45) is 0 Å². The lowest BCUT2D eigenvalue weighted by Gasteiger charge is -2.39. The van der Waals surface area contributed by atoms with E-state index in [0.29, 0.717) is 23.3 Å². The lowest BCUT2D eigenvalue weighted by atomic mass is 9.91. The van der Waals surface area contributed by atoms with Crippen LogP contribution in [0, 0.1) is 12.7 Å². The molecule has 0 saturated carbocycles. The molecular formula is C24H23F7N2O2. The van der Waals surface area contributed by atoms with Crippen molar-refractivity contribution in [3.8, 4) is 0 Å². The van der Waals surface area contributed by atoms with Crippen LogP contribution in [0.4, 0.5) is 35.5 Å². The first kappa shape index (κ1) is 26.5. The van der Waals surface area contributed by atoms with Gasteiger partial charge in [0.1, 0.15) is 11.6 Å². The van der Waals surface area contributed by atoms with Crippen LogP contribution in [0.3, 0.4) is 0 Å². The summed E-state index contributed by atoms with van der Waals surface area (Å²) in [6, 6.07) is 3.76. The number of aryl methyl sites for hydroxylation is 1. The number of hydrogen-bond acceptors (Lipinski definition) is 2. The molecular weight excluding hydrogens is 481 g/mol. The van der Waals surface area contributed by atoms with Crippen molar-refractivity contribution < 1.29 is 40.3 Å². The van der Waals surface area contributed by atoms with Gasteiger partial charge in [-0.2, -0.15) is 26.3 Å². The van der Waals surface area contributed by atoms with E-state index in [0.717, 1.165) is 4.90 Å². The van der Waals surface area contributed by atoms with Crippen molar-refractivity contribution in [1.29, 1.82) is 0 Å². The van der Waals surface area contributed by atoms with Crippen molar-refractivity contribution in [2.75, 3.05) is 13.1 Å². The number of carbonyl (C=O) groups excluding carboxylic acids is 2. The molecule has 3 rings (SSSR count). The molecule has 11 heteroatoms. The van der Waals surface area contributed by atoms with E-state index in [2.05, 4.69) is 0 Å². The molecule has 1 saturated heterocycles. The second-order valence-corrected chi connectivity index (χ2v) is 8.41. The van der Waals surface area contributed by atoms with Crippen LogP contribution in [-0.4, -0.2) is 34.7 Å². The van der Waals surface area contributed by atoms with Crippen LogP contribution in [-0.2, 0) is 23.7 Å². The molecule has 0 N–H and O–H groups in total. The number of nitrogens with zero attached hydrogens (tertiary/aromatic N) is 2. The zero-order chi connectivity index (χ0) is 26.1. The Balaban J connectivity index is 1.94. The maximum absolute atomic E-state index is 13.6. The Hall–Kier alpha value is -3.11. The molecule has 0 aliphatic carbocycles. The minimum Gasteiger partial charge on any atom is -0.321 e. The summed E-state index contributed by atoms with van der Waals surface area (Å²) >= 11 is 0. The number of rotatable bonds is 4. The van der Waals surface area contributed by atoms with Gasteiger partial charge in [0.05, 0.1) is 17.2 Å². The molecule has 0 spiro atoms. The maximum atomic E-state index is 13.6. The first-order valence-corrected chi connectivity index (χ1v) is 10.8. The van der Waals surface area contributed by atoms with Gasteiger partial charge in [-0.25, -0.2) is 9.18 Å². The molecule has 1 fully saturated rings. The molecule has 0 unspecified atom stereocenters. The minimum atomic E-state index is -5.00. The van der Waals surface area contributed by atoms with Crippen LogP contribution in [0.15, 0.2) is 36.4 Å². The van der Waals surface area contributed by atoms with Crippen molar-refractivity contribution in [3.63, 3.8) is 0 Å². The van der Waals surface area contributed by atoms with E-state index >= 15 is 0 Å². The first-order valence-electron chi connectivity index (χ1n) is 10.8. The first-order chi connectivity index (χ1) is 16.2. The molecule has 1 atom stereocenters. The lowest BCUT2D eigenvalue weighted by Crippen LogP contribution is -2.48. The van der Waals surface area contributed by atoms with Gasteiger partial charge >= 0.3 is 18.4 Å². The number of benzene rings is 2. The SMILES string of the molecule is CCN(Cc1cc(C(F)(F)F)cc(C(F)(F)F)c1)C(=O)N1CCC(=O)C[C@@H]1c1ccc(F)cc1C. The summed E-state index contributed by atoms with van der Waals surface area (Å²) in [5.41, 5.74) is -2.20. The fraction of sp³-hybridized carbons (Fsp3) is 0.417. The molecule has 2 amide bonds.